The number of halogens is 2. The molecule has 18 heavy (non-hydrogen) atoms. The first-order chi connectivity index (χ1) is 8.47. The summed E-state index contributed by atoms with van der Waals surface area (Å²) in [6.07, 6.45) is 3.03. The predicted octanol–water partition coefficient (Wildman–Crippen LogP) is 4.84. The number of carbonyl (C=O) groups excluding carboxylic acids is 1. The minimum Gasteiger partial charge on any atom is -0.294 e. The van der Waals surface area contributed by atoms with E-state index >= 15 is 0 Å². The lowest BCUT2D eigenvalue weighted by atomic mass is 9.74. The Morgan fingerprint density at radius 3 is 2.44 bits per heavy atom. The molecule has 0 aromatic heterocycles. The van der Waals surface area contributed by atoms with Crippen LogP contribution in [0.3, 0.4) is 0 Å². The fourth-order valence-electron chi connectivity index (χ4n) is 3.07. The van der Waals surface area contributed by atoms with Crippen molar-refractivity contribution in [3.8, 4) is 0 Å². The summed E-state index contributed by atoms with van der Waals surface area (Å²) in [5.74, 6) is 0.935. The highest BCUT2D eigenvalue weighted by molar-refractivity contribution is 9.10. The van der Waals surface area contributed by atoms with E-state index in [0.717, 1.165) is 12.8 Å². The minimum absolute atomic E-state index is 0.0434. The van der Waals surface area contributed by atoms with Gasteiger partial charge in [-0.2, -0.15) is 0 Å². The van der Waals surface area contributed by atoms with Gasteiger partial charge in [0.1, 0.15) is 5.82 Å². The summed E-state index contributed by atoms with van der Waals surface area (Å²) in [4.78, 5) is 12.5. The summed E-state index contributed by atoms with van der Waals surface area (Å²) in [6, 6.07) is 4.32. The standard InChI is InChI=1S/C15H18BrFO/c1-9-5-10(2)7-11(6-9)15(18)13-8-12(17)3-4-14(13)16/h3-4,8-11H,5-7H2,1-2H3. The average Bonchev–Trinajstić information content (AvgIpc) is 2.30. The van der Waals surface area contributed by atoms with E-state index in [4.69, 9.17) is 0 Å². The maximum atomic E-state index is 13.3. The molecular weight excluding hydrogens is 295 g/mol. The molecule has 1 aliphatic carbocycles. The van der Waals surface area contributed by atoms with Crippen LogP contribution in [0, 0.1) is 23.6 Å². The van der Waals surface area contributed by atoms with E-state index < -0.39 is 0 Å². The number of carbonyl (C=O) groups is 1. The Labute approximate surface area is 116 Å². The van der Waals surface area contributed by atoms with Crippen molar-refractivity contribution in [3.63, 3.8) is 0 Å². The van der Waals surface area contributed by atoms with Crippen molar-refractivity contribution in [1.29, 1.82) is 0 Å². The lowest BCUT2D eigenvalue weighted by Crippen LogP contribution is -2.26. The second-order valence-corrected chi connectivity index (χ2v) is 6.46. The SMILES string of the molecule is CC1CC(C)CC(C(=O)c2cc(F)ccc2Br)C1. The predicted molar refractivity (Wildman–Crippen MR) is 74.1 cm³/mol. The molecule has 0 spiro atoms. The molecule has 2 rings (SSSR count). The second kappa shape index (κ2) is 5.52. The van der Waals surface area contributed by atoms with Crippen LogP contribution in [-0.2, 0) is 0 Å². The number of rotatable bonds is 2. The Hall–Kier alpha value is -0.700. The number of hydrogen-bond acceptors (Lipinski definition) is 1. The fraction of sp³-hybridized carbons (Fsp3) is 0.533. The number of ketones is 1. The molecule has 1 aromatic rings. The van der Waals surface area contributed by atoms with E-state index in [-0.39, 0.29) is 17.5 Å². The van der Waals surface area contributed by atoms with Crippen LogP contribution in [0.2, 0.25) is 0 Å². The Balaban J connectivity index is 2.22. The van der Waals surface area contributed by atoms with Crippen LogP contribution in [0.1, 0.15) is 43.5 Å². The monoisotopic (exact) mass is 312 g/mol. The molecule has 98 valence electrons. The molecule has 0 heterocycles. The molecule has 1 nitrogen and oxygen atoms in total. The summed E-state index contributed by atoms with van der Waals surface area (Å²) in [5.41, 5.74) is 0.487. The van der Waals surface area contributed by atoms with Crippen LogP contribution in [0.5, 0.6) is 0 Å². The normalized spacial score (nSPS) is 28.1. The third-order valence-electron chi connectivity index (χ3n) is 3.74. The molecular formula is C15H18BrFO. The molecule has 0 aliphatic heterocycles. The molecule has 2 atom stereocenters. The van der Waals surface area contributed by atoms with E-state index in [1.165, 1.54) is 18.6 Å². The number of Topliss-reactive ketones (excluding diaryl/α,β-unsaturated/α-hetero) is 1. The van der Waals surface area contributed by atoms with E-state index in [2.05, 4.69) is 29.8 Å². The van der Waals surface area contributed by atoms with Crippen molar-refractivity contribution in [3.05, 3.63) is 34.1 Å². The third kappa shape index (κ3) is 3.00. The summed E-state index contributed by atoms with van der Waals surface area (Å²) >= 11 is 3.34. The second-order valence-electron chi connectivity index (χ2n) is 5.60. The Morgan fingerprint density at radius 2 is 1.83 bits per heavy atom. The highest BCUT2D eigenvalue weighted by Gasteiger charge is 2.30. The van der Waals surface area contributed by atoms with Gasteiger partial charge in [-0.15, -0.1) is 0 Å². The molecule has 0 bridgehead atoms. The van der Waals surface area contributed by atoms with Crippen molar-refractivity contribution in [2.75, 3.05) is 0 Å². The van der Waals surface area contributed by atoms with Crippen LogP contribution in [-0.4, -0.2) is 5.78 Å². The Kier molecular flexibility index (Phi) is 4.21. The van der Waals surface area contributed by atoms with Crippen LogP contribution in [0.15, 0.2) is 22.7 Å². The van der Waals surface area contributed by atoms with Gasteiger partial charge in [-0.3, -0.25) is 4.79 Å². The first-order valence-corrected chi connectivity index (χ1v) is 7.26. The minimum atomic E-state index is -0.349. The zero-order valence-corrected chi connectivity index (χ0v) is 12.3. The summed E-state index contributed by atoms with van der Waals surface area (Å²) in [7, 11) is 0. The van der Waals surface area contributed by atoms with E-state index in [0.29, 0.717) is 21.9 Å². The largest absolute Gasteiger partial charge is 0.294 e. The summed E-state index contributed by atoms with van der Waals surface area (Å²) < 4.78 is 13.9. The maximum absolute atomic E-state index is 13.3. The third-order valence-corrected chi connectivity index (χ3v) is 4.43. The molecule has 3 heteroatoms. The zero-order valence-electron chi connectivity index (χ0n) is 10.7. The molecule has 1 fully saturated rings. The molecule has 0 amide bonds. The first kappa shape index (κ1) is 13.7. The lowest BCUT2D eigenvalue weighted by molar-refractivity contribution is 0.0835. The molecule has 0 N–H and O–H groups in total. The highest BCUT2D eigenvalue weighted by Crippen LogP contribution is 2.35. The van der Waals surface area contributed by atoms with Crippen molar-refractivity contribution in [1.82, 2.24) is 0 Å². The van der Waals surface area contributed by atoms with Crippen molar-refractivity contribution in [2.45, 2.75) is 33.1 Å². The molecule has 0 radical (unpaired) electrons. The van der Waals surface area contributed by atoms with E-state index in [1.54, 1.807) is 6.07 Å². The molecule has 1 aromatic carbocycles. The van der Waals surface area contributed by atoms with Crippen LogP contribution in [0.4, 0.5) is 4.39 Å². The van der Waals surface area contributed by atoms with E-state index in [1.807, 2.05) is 0 Å². The summed E-state index contributed by atoms with van der Waals surface area (Å²) in [5, 5.41) is 0. The molecule has 1 saturated carbocycles. The smallest absolute Gasteiger partial charge is 0.167 e. The lowest BCUT2D eigenvalue weighted by Gasteiger charge is -2.30. The highest BCUT2D eigenvalue weighted by atomic mass is 79.9. The Morgan fingerprint density at radius 1 is 1.22 bits per heavy atom. The zero-order chi connectivity index (χ0) is 13.3. The van der Waals surface area contributed by atoms with Crippen molar-refractivity contribution < 1.29 is 9.18 Å². The van der Waals surface area contributed by atoms with E-state index in [9.17, 15) is 9.18 Å². The van der Waals surface area contributed by atoms with Gasteiger partial charge in [0.05, 0.1) is 0 Å². The van der Waals surface area contributed by atoms with Crippen molar-refractivity contribution in [2.24, 2.45) is 17.8 Å². The van der Waals surface area contributed by atoms with Crippen LogP contribution < -0.4 is 0 Å². The quantitative estimate of drug-likeness (QED) is 0.714. The number of hydrogen-bond donors (Lipinski definition) is 0. The fourth-order valence-corrected chi connectivity index (χ4v) is 3.51. The van der Waals surface area contributed by atoms with Gasteiger partial charge >= 0.3 is 0 Å². The van der Waals surface area contributed by atoms with Gasteiger partial charge in [0.25, 0.3) is 0 Å². The summed E-state index contributed by atoms with van der Waals surface area (Å²) in [6.45, 7) is 4.38. The van der Waals surface area contributed by atoms with Gasteiger partial charge in [0.2, 0.25) is 0 Å². The van der Waals surface area contributed by atoms with Crippen LogP contribution >= 0.6 is 15.9 Å². The van der Waals surface area contributed by atoms with Gasteiger partial charge in [0, 0.05) is 16.0 Å². The molecule has 2 unspecified atom stereocenters. The van der Waals surface area contributed by atoms with Crippen molar-refractivity contribution >= 4 is 21.7 Å². The number of benzene rings is 1. The van der Waals surface area contributed by atoms with Gasteiger partial charge in [-0.25, -0.2) is 4.39 Å². The Bertz CT molecular complexity index is 448. The van der Waals surface area contributed by atoms with Crippen LogP contribution in [0.25, 0.3) is 0 Å². The van der Waals surface area contributed by atoms with Gasteiger partial charge < -0.3 is 0 Å². The van der Waals surface area contributed by atoms with Gasteiger partial charge in [-0.1, -0.05) is 29.8 Å². The molecule has 1 aliphatic rings. The maximum Gasteiger partial charge on any atom is 0.167 e. The van der Waals surface area contributed by atoms with Gasteiger partial charge in [0.15, 0.2) is 5.78 Å². The first-order valence-electron chi connectivity index (χ1n) is 6.46. The van der Waals surface area contributed by atoms with Gasteiger partial charge in [-0.05, 0) is 49.3 Å². The molecule has 0 saturated heterocycles. The topological polar surface area (TPSA) is 17.1 Å². The average molecular weight is 313 g/mol.